The minimum Gasteiger partial charge on any atom is -0.383 e. The van der Waals surface area contributed by atoms with E-state index in [1.54, 1.807) is 25.5 Å². The van der Waals surface area contributed by atoms with Crippen molar-refractivity contribution in [2.75, 3.05) is 12.4 Å². The van der Waals surface area contributed by atoms with E-state index in [2.05, 4.69) is 15.5 Å². The number of thioether (sulfide) groups is 1. The van der Waals surface area contributed by atoms with E-state index in [1.165, 1.54) is 17.8 Å². The van der Waals surface area contributed by atoms with Gasteiger partial charge in [-0.2, -0.15) is 0 Å². The Morgan fingerprint density at radius 2 is 2.32 bits per heavy atom. The van der Waals surface area contributed by atoms with Gasteiger partial charge in [0.15, 0.2) is 5.16 Å². The maximum Gasteiger partial charge on any atom is 0.292 e. The summed E-state index contributed by atoms with van der Waals surface area (Å²) in [5.74, 6) is 0.680. The predicted molar refractivity (Wildman–Crippen MR) is 73.2 cm³/mol. The van der Waals surface area contributed by atoms with Crippen LogP contribution in [0.1, 0.15) is 5.56 Å². The van der Waals surface area contributed by atoms with Gasteiger partial charge >= 0.3 is 0 Å². The molecule has 0 saturated heterocycles. The third-order valence-corrected chi connectivity index (χ3v) is 3.67. The number of rotatable bonds is 5. The Hall–Kier alpha value is -2.09. The maximum atomic E-state index is 10.8. The fourth-order valence-electron chi connectivity index (χ4n) is 1.58. The number of hydrogen-bond acceptors (Lipinski definition) is 6. The van der Waals surface area contributed by atoms with Crippen LogP contribution in [0, 0.1) is 10.1 Å². The highest BCUT2D eigenvalue weighted by atomic mass is 32.2. The number of anilines is 1. The first kappa shape index (κ1) is 13.3. The summed E-state index contributed by atoms with van der Waals surface area (Å²) >= 11 is 1.53. The third-order valence-electron chi connectivity index (χ3n) is 2.56. The van der Waals surface area contributed by atoms with Crippen molar-refractivity contribution in [2.24, 2.45) is 7.05 Å². The Kier molecular flexibility index (Phi) is 4.00. The van der Waals surface area contributed by atoms with Gasteiger partial charge in [-0.25, -0.2) is 0 Å². The first-order valence-electron chi connectivity index (χ1n) is 5.53. The number of nitrogens with zero attached hydrogens (tertiary/aromatic N) is 4. The molecule has 100 valence electrons. The van der Waals surface area contributed by atoms with Crippen LogP contribution < -0.4 is 5.32 Å². The summed E-state index contributed by atoms with van der Waals surface area (Å²) in [6.07, 6.45) is 1.64. The highest BCUT2D eigenvalue weighted by Crippen LogP contribution is 2.28. The van der Waals surface area contributed by atoms with Crippen molar-refractivity contribution in [3.8, 4) is 0 Å². The predicted octanol–water partition coefficient (Wildman–Crippen LogP) is 2.06. The highest BCUT2D eigenvalue weighted by molar-refractivity contribution is 7.98. The zero-order valence-corrected chi connectivity index (χ0v) is 11.3. The van der Waals surface area contributed by atoms with E-state index in [1.807, 2.05) is 11.6 Å². The second-order valence-corrected chi connectivity index (χ2v) is 4.81. The summed E-state index contributed by atoms with van der Waals surface area (Å²) in [5.41, 5.74) is 1.58. The van der Waals surface area contributed by atoms with Crippen LogP contribution in [0.5, 0.6) is 0 Å². The minimum atomic E-state index is -0.397. The molecule has 0 saturated carbocycles. The van der Waals surface area contributed by atoms with Crippen molar-refractivity contribution in [2.45, 2.75) is 10.9 Å². The average Bonchev–Trinajstić information content (AvgIpc) is 2.81. The number of nitro groups is 1. The van der Waals surface area contributed by atoms with Crippen molar-refractivity contribution in [1.29, 1.82) is 0 Å². The second kappa shape index (κ2) is 5.70. The molecule has 0 amide bonds. The number of aryl methyl sites for hydroxylation is 1. The summed E-state index contributed by atoms with van der Waals surface area (Å²) in [7, 11) is 3.54. The van der Waals surface area contributed by atoms with E-state index in [0.29, 0.717) is 11.4 Å². The van der Waals surface area contributed by atoms with Gasteiger partial charge in [-0.15, -0.1) is 10.2 Å². The summed E-state index contributed by atoms with van der Waals surface area (Å²) in [4.78, 5) is 10.4. The molecule has 1 aromatic heterocycles. The van der Waals surface area contributed by atoms with Gasteiger partial charge in [0.05, 0.1) is 4.92 Å². The lowest BCUT2D eigenvalue weighted by Gasteiger charge is -2.05. The molecular formula is C11H13N5O2S. The lowest BCUT2D eigenvalue weighted by Crippen LogP contribution is -1.97. The van der Waals surface area contributed by atoms with Gasteiger partial charge in [0.1, 0.15) is 12.0 Å². The molecular weight excluding hydrogens is 266 g/mol. The molecule has 0 unspecified atom stereocenters. The minimum absolute atomic E-state index is 0.0786. The van der Waals surface area contributed by atoms with Crippen molar-refractivity contribution in [3.63, 3.8) is 0 Å². The Bertz CT molecular complexity index is 599. The molecule has 1 heterocycles. The van der Waals surface area contributed by atoms with Gasteiger partial charge in [0, 0.05) is 25.9 Å². The standard InChI is InChI=1S/C11H13N5O2S/c1-12-9-5-8(3-4-10(9)16(17)18)6-19-11-14-13-7-15(11)2/h3-5,7,12H,6H2,1-2H3. The van der Waals surface area contributed by atoms with E-state index in [-0.39, 0.29) is 5.69 Å². The molecule has 0 aliphatic rings. The van der Waals surface area contributed by atoms with Crippen LogP contribution in [0.25, 0.3) is 0 Å². The molecule has 0 aliphatic carbocycles. The van der Waals surface area contributed by atoms with E-state index in [9.17, 15) is 10.1 Å². The molecule has 1 aromatic carbocycles. The molecule has 7 nitrogen and oxygen atoms in total. The van der Waals surface area contributed by atoms with Crippen LogP contribution in [0.4, 0.5) is 11.4 Å². The fraction of sp³-hybridized carbons (Fsp3) is 0.273. The maximum absolute atomic E-state index is 10.8. The van der Waals surface area contributed by atoms with Gasteiger partial charge < -0.3 is 9.88 Å². The van der Waals surface area contributed by atoms with E-state index in [0.717, 1.165) is 10.7 Å². The van der Waals surface area contributed by atoms with E-state index < -0.39 is 4.92 Å². The highest BCUT2D eigenvalue weighted by Gasteiger charge is 2.13. The molecule has 19 heavy (non-hydrogen) atoms. The number of nitro benzene ring substituents is 1. The van der Waals surface area contributed by atoms with Crippen LogP contribution in [-0.2, 0) is 12.8 Å². The normalized spacial score (nSPS) is 10.4. The summed E-state index contributed by atoms with van der Waals surface area (Å²) < 4.78 is 1.83. The number of aromatic nitrogens is 3. The van der Waals surface area contributed by atoms with Crippen LogP contribution >= 0.6 is 11.8 Å². The van der Waals surface area contributed by atoms with E-state index in [4.69, 9.17) is 0 Å². The number of nitrogens with one attached hydrogen (secondary N) is 1. The molecule has 0 aliphatic heterocycles. The monoisotopic (exact) mass is 279 g/mol. The van der Waals surface area contributed by atoms with E-state index >= 15 is 0 Å². The Morgan fingerprint density at radius 1 is 1.53 bits per heavy atom. The first-order chi connectivity index (χ1) is 9.11. The van der Waals surface area contributed by atoms with Crippen LogP contribution in [-0.4, -0.2) is 26.7 Å². The SMILES string of the molecule is CNc1cc(CSc2nncn2C)ccc1[N+](=O)[O-]. The van der Waals surface area contributed by atoms with Gasteiger partial charge in [-0.05, 0) is 11.6 Å². The molecule has 0 fully saturated rings. The second-order valence-electron chi connectivity index (χ2n) is 3.87. The molecule has 0 atom stereocenters. The van der Waals surface area contributed by atoms with Crippen molar-refractivity contribution < 1.29 is 4.92 Å². The molecule has 2 aromatic rings. The van der Waals surface area contributed by atoms with Crippen molar-refractivity contribution >= 4 is 23.1 Å². The summed E-state index contributed by atoms with van der Waals surface area (Å²) in [5, 5.41) is 22.2. The molecule has 0 bridgehead atoms. The zero-order valence-electron chi connectivity index (χ0n) is 10.5. The lowest BCUT2D eigenvalue weighted by molar-refractivity contribution is -0.383. The summed E-state index contributed by atoms with van der Waals surface area (Å²) in [6.45, 7) is 0. The smallest absolute Gasteiger partial charge is 0.292 e. The van der Waals surface area contributed by atoms with Crippen LogP contribution in [0.2, 0.25) is 0 Å². The fourth-order valence-corrected chi connectivity index (χ4v) is 2.41. The lowest BCUT2D eigenvalue weighted by atomic mass is 10.2. The Labute approximate surface area is 114 Å². The molecule has 2 rings (SSSR count). The van der Waals surface area contributed by atoms with Gasteiger partial charge in [-0.1, -0.05) is 17.8 Å². The first-order valence-corrected chi connectivity index (χ1v) is 6.52. The molecule has 0 radical (unpaired) electrons. The quantitative estimate of drug-likeness (QED) is 0.512. The number of hydrogen-bond donors (Lipinski definition) is 1. The topological polar surface area (TPSA) is 85.9 Å². The average molecular weight is 279 g/mol. The van der Waals surface area contributed by atoms with Crippen LogP contribution in [0.15, 0.2) is 29.7 Å². The zero-order chi connectivity index (χ0) is 13.8. The van der Waals surface area contributed by atoms with Gasteiger partial charge in [0.2, 0.25) is 0 Å². The largest absolute Gasteiger partial charge is 0.383 e. The summed E-state index contributed by atoms with van der Waals surface area (Å²) in [6, 6.07) is 5.04. The third kappa shape index (κ3) is 3.02. The Morgan fingerprint density at radius 3 is 2.89 bits per heavy atom. The molecule has 0 spiro atoms. The van der Waals surface area contributed by atoms with Crippen molar-refractivity contribution in [1.82, 2.24) is 14.8 Å². The Balaban J connectivity index is 2.13. The molecule has 1 N–H and O–H groups in total. The van der Waals surface area contributed by atoms with Gasteiger partial charge in [-0.3, -0.25) is 10.1 Å². The molecule has 8 heteroatoms. The van der Waals surface area contributed by atoms with Crippen LogP contribution in [0.3, 0.4) is 0 Å². The van der Waals surface area contributed by atoms with Crippen molar-refractivity contribution in [3.05, 3.63) is 40.2 Å². The number of benzene rings is 1. The van der Waals surface area contributed by atoms with Gasteiger partial charge in [0.25, 0.3) is 5.69 Å².